The summed E-state index contributed by atoms with van der Waals surface area (Å²) in [6, 6.07) is 2.62. The Morgan fingerprint density at radius 3 is 2.66 bits per heavy atom. The highest BCUT2D eigenvalue weighted by atomic mass is 19.3. The van der Waals surface area contributed by atoms with Crippen LogP contribution in [0.4, 0.5) is 24.5 Å². The number of aromatic amines is 1. The van der Waals surface area contributed by atoms with E-state index in [-0.39, 0.29) is 29.1 Å². The first-order valence-electron chi connectivity index (χ1n) is 8.91. The zero-order valence-corrected chi connectivity index (χ0v) is 16.6. The number of carbonyl (C=O) groups is 1. The third-order valence-electron chi connectivity index (χ3n) is 4.78. The van der Waals surface area contributed by atoms with Gasteiger partial charge in [0.25, 0.3) is 11.8 Å². The number of fused-ring (bicyclic) bond motifs is 1. The number of ether oxygens (including phenoxy) is 1. The van der Waals surface area contributed by atoms with Gasteiger partial charge in [0.1, 0.15) is 5.82 Å². The largest absolute Gasteiger partial charge is 0.379 e. The summed E-state index contributed by atoms with van der Waals surface area (Å²) in [7, 11) is 1.49. The average Bonchev–Trinajstić information content (AvgIpc) is 3.05. The molecule has 0 fully saturated rings. The highest BCUT2D eigenvalue weighted by molar-refractivity contribution is 6.35. The lowest BCUT2D eigenvalue weighted by molar-refractivity contribution is -0.110. The van der Waals surface area contributed by atoms with Crippen LogP contribution in [0.25, 0.3) is 11.6 Å². The normalized spacial score (nSPS) is 14.9. The molecule has 1 aliphatic heterocycles. The zero-order valence-electron chi connectivity index (χ0n) is 16.6. The summed E-state index contributed by atoms with van der Waals surface area (Å²) in [5.41, 5.74) is 2.29. The second kappa shape index (κ2) is 7.44. The first-order valence-corrected chi connectivity index (χ1v) is 8.91. The molecule has 0 unspecified atom stereocenters. The van der Waals surface area contributed by atoms with Crippen molar-refractivity contribution in [1.29, 1.82) is 0 Å². The van der Waals surface area contributed by atoms with Crippen LogP contribution in [0, 0.1) is 19.7 Å². The monoisotopic (exact) mass is 405 g/mol. The lowest BCUT2D eigenvalue weighted by Gasteiger charge is -2.12. The highest BCUT2D eigenvalue weighted by Gasteiger charge is 2.33. The molecule has 5 nitrogen and oxygen atoms in total. The van der Waals surface area contributed by atoms with E-state index in [2.05, 4.69) is 22.2 Å². The van der Waals surface area contributed by atoms with Crippen LogP contribution >= 0.6 is 0 Å². The molecule has 0 saturated carbocycles. The van der Waals surface area contributed by atoms with E-state index in [0.29, 0.717) is 28.2 Å². The van der Waals surface area contributed by atoms with Crippen LogP contribution in [0.1, 0.15) is 35.0 Å². The third-order valence-corrected chi connectivity index (χ3v) is 4.78. The van der Waals surface area contributed by atoms with Crippen molar-refractivity contribution < 1.29 is 22.7 Å². The molecule has 29 heavy (non-hydrogen) atoms. The van der Waals surface area contributed by atoms with Gasteiger partial charge in [-0.05, 0) is 37.6 Å². The van der Waals surface area contributed by atoms with Crippen molar-refractivity contribution in [2.75, 3.05) is 24.4 Å². The fraction of sp³-hybridized carbons (Fsp3) is 0.286. The second-order valence-electron chi connectivity index (χ2n) is 7.10. The van der Waals surface area contributed by atoms with E-state index >= 15 is 0 Å². The molecule has 0 spiro atoms. The zero-order chi connectivity index (χ0) is 21.5. The van der Waals surface area contributed by atoms with Gasteiger partial charge in [0, 0.05) is 42.2 Å². The van der Waals surface area contributed by atoms with Gasteiger partial charge >= 0.3 is 0 Å². The summed E-state index contributed by atoms with van der Waals surface area (Å²) in [5, 5.41) is 5.43. The van der Waals surface area contributed by atoms with Crippen molar-refractivity contribution in [3.05, 3.63) is 58.3 Å². The van der Waals surface area contributed by atoms with Crippen LogP contribution < -0.4 is 10.6 Å². The Bertz CT molecular complexity index is 1030. The first kappa shape index (κ1) is 20.7. The quantitative estimate of drug-likeness (QED) is 0.596. The van der Waals surface area contributed by atoms with E-state index in [9.17, 15) is 18.0 Å². The highest BCUT2D eigenvalue weighted by Crippen LogP contribution is 2.40. The number of aryl methyl sites for hydroxylation is 1. The van der Waals surface area contributed by atoms with E-state index in [4.69, 9.17) is 4.74 Å². The number of methoxy groups -OCH3 is 1. The van der Waals surface area contributed by atoms with Crippen LogP contribution in [0.2, 0.25) is 0 Å². The predicted octanol–water partition coefficient (Wildman–Crippen LogP) is 4.95. The molecule has 154 valence electrons. The van der Waals surface area contributed by atoms with Gasteiger partial charge in [-0.1, -0.05) is 6.58 Å². The number of halogens is 3. The molecule has 1 aliphatic rings. The summed E-state index contributed by atoms with van der Waals surface area (Å²) in [6.07, 6.45) is 1.34. The first-order chi connectivity index (χ1) is 13.5. The Labute approximate surface area is 166 Å². The van der Waals surface area contributed by atoms with Crippen molar-refractivity contribution in [3.63, 3.8) is 0 Å². The Kier molecular flexibility index (Phi) is 5.32. The van der Waals surface area contributed by atoms with E-state index in [0.717, 1.165) is 6.92 Å². The summed E-state index contributed by atoms with van der Waals surface area (Å²) >= 11 is 0. The smallest absolute Gasteiger partial charge is 0.272 e. The van der Waals surface area contributed by atoms with Gasteiger partial charge in [-0.2, -0.15) is 0 Å². The minimum atomic E-state index is -3.10. The summed E-state index contributed by atoms with van der Waals surface area (Å²) in [4.78, 5) is 15.4. The fourth-order valence-electron chi connectivity index (χ4n) is 3.42. The molecule has 8 heteroatoms. The molecule has 0 atom stereocenters. The van der Waals surface area contributed by atoms with Crippen molar-refractivity contribution in [3.8, 4) is 0 Å². The predicted molar refractivity (Wildman–Crippen MR) is 107 cm³/mol. The number of hydrogen-bond donors (Lipinski definition) is 3. The van der Waals surface area contributed by atoms with Gasteiger partial charge in [-0.15, -0.1) is 0 Å². The molecule has 3 N–H and O–H groups in total. The number of aromatic nitrogens is 1. The van der Waals surface area contributed by atoms with E-state index in [1.807, 2.05) is 0 Å². The lowest BCUT2D eigenvalue weighted by Crippen LogP contribution is -2.10. The van der Waals surface area contributed by atoms with Crippen molar-refractivity contribution >= 4 is 28.9 Å². The van der Waals surface area contributed by atoms with Gasteiger partial charge in [-0.3, -0.25) is 4.79 Å². The number of amides is 1. The van der Waals surface area contributed by atoms with Gasteiger partial charge < -0.3 is 20.4 Å². The Morgan fingerprint density at radius 1 is 1.34 bits per heavy atom. The number of H-pyrrole nitrogens is 1. The van der Waals surface area contributed by atoms with Gasteiger partial charge in [0.05, 0.1) is 23.6 Å². The standard InChI is InChI=1S/C21H22F3N3O2/c1-10(9-29-5)25-17-8-16-13(6-15(17)22)14(20(28)27-16)7-18-19(21(4,23)24)11(2)12(3)26-18/h6-8,25-26H,1,9H2,2-5H3,(H,27,28)/b14-7-. The van der Waals surface area contributed by atoms with Gasteiger partial charge in [0.2, 0.25) is 0 Å². The molecule has 2 aromatic rings. The maximum absolute atomic E-state index is 14.6. The van der Waals surface area contributed by atoms with Crippen molar-refractivity contribution in [2.45, 2.75) is 26.7 Å². The molecular weight excluding hydrogens is 383 g/mol. The summed E-state index contributed by atoms with van der Waals surface area (Å²) in [5.74, 6) is -4.20. The van der Waals surface area contributed by atoms with E-state index in [1.165, 1.54) is 25.3 Å². The molecular formula is C21H22F3N3O2. The van der Waals surface area contributed by atoms with E-state index in [1.54, 1.807) is 13.8 Å². The molecule has 2 heterocycles. The topological polar surface area (TPSA) is 66.1 Å². The van der Waals surface area contributed by atoms with Gasteiger partial charge in [0.15, 0.2) is 0 Å². The van der Waals surface area contributed by atoms with Crippen LogP contribution in [0.15, 0.2) is 24.4 Å². The van der Waals surface area contributed by atoms with Crippen molar-refractivity contribution in [1.82, 2.24) is 4.98 Å². The molecule has 0 bridgehead atoms. The summed E-state index contributed by atoms with van der Waals surface area (Å²) < 4.78 is 47.8. The molecule has 1 aromatic heterocycles. The maximum Gasteiger partial charge on any atom is 0.272 e. The fourth-order valence-corrected chi connectivity index (χ4v) is 3.42. The van der Waals surface area contributed by atoms with Crippen molar-refractivity contribution in [2.24, 2.45) is 0 Å². The molecule has 3 rings (SSSR count). The number of nitrogens with one attached hydrogen (secondary N) is 3. The Balaban J connectivity index is 2.06. The Hall–Kier alpha value is -3.00. The molecule has 1 amide bonds. The molecule has 0 saturated heterocycles. The molecule has 0 aliphatic carbocycles. The minimum Gasteiger partial charge on any atom is -0.379 e. The van der Waals surface area contributed by atoms with Crippen LogP contribution in [-0.4, -0.2) is 24.6 Å². The lowest BCUT2D eigenvalue weighted by atomic mass is 10.0. The van der Waals surface area contributed by atoms with Gasteiger partial charge in [-0.25, -0.2) is 13.2 Å². The van der Waals surface area contributed by atoms with E-state index < -0.39 is 17.6 Å². The number of benzene rings is 1. The number of anilines is 2. The molecule has 0 radical (unpaired) electrons. The maximum atomic E-state index is 14.6. The summed E-state index contributed by atoms with van der Waals surface area (Å²) in [6.45, 7) is 7.99. The van der Waals surface area contributed by atoms with Crippen LogP contribution in [0.5, 0.6) is 0 Å². The third kappa shape index (κ3) is 3.93. The average molecular weight is 405 g/mol. The molecule has 1 aromatic carbocycles. The number of carbonyl (C=O) groups excluding carboxylic acids is 1. The second-order valence-corrected chi connectivity index (χ2v) is 7.10. The van der Waals surface area contributed by atoms with Crippen LogP contribution in [0.3, 0.4) is 0 Å². The number of alkyl halides is 2. The Morgan fingerprint density at radius 2 is 2.03 bits per heavy atom. The number of hydrogen-bond acceptors (Lipinski definition) is 3. The minimum absolute atomic E-state index is 0.105. The SMILES string of the molecule is C=C(COC)Nc1cc2c(cc1F)/C(=C/c1[nH]c(C)c(C)c1C(C)(F)F)C(=O)N2. The number of rotatable bonds is 6. The van der Waals surface area contributed by atoms with Crippen LogP contribution in [-0.2, 0) is 15.5 Å².